The summed E-state index contributed by atoms with van der Waals surface area (Å²) < 4.78 is 0. The second-order valence-corrected chi connectivity index (χ2v) is 2.16. The van der Waals surface area contributed by atoms with Crippen LogP contribution in [0.25, 0.3) is 0 Å². The molecule has 0 radical (unpaired) electrons. The molecule has 0 aromatic heterocycles. The Kier molecular flexibility index (Phi) is 9.71. The zero-order chi connectivity index (χ0) is 8.57. The van der Waals surface area contributed by atoms with Crippen LogP contribution in [-0.4, -0.2) is 24.5 Å². The van der Waals surface area contributed by atoms with Crippen LogP contribution in [0.2, 0.25) is 0 Å². The SMILES string of the molecule is C=C(N)SC.CNC(=O)O. The molecule has 0 atom stereocenters. The van der Waals surface area contributed by atoms with E-state index in [1.165, 1.54) is 18.8 Å². The summed E-state index contributed by atoms with van der Waals surface area (Å²) in [5.74, 6) is 0. The average Bonchev–Trinajstić information content (AvgIpc) is 1.89. The van der Waals surface area contributed by atoms with Gasteiger partial charge >= 0.3 is 6.09 Å². The van der Waals surface area contributed by atoms with Crippen molar-refractivity contribution < 1.29 is 9.90 Å². The van der Waals surface area contributed by atoms with E-state index in [0.717, 1.165) is 0 Å². The Labute approximate surface area is 64.5 Å². The minimum atomic E-state index is -0.995. The smallest absolute Gasteiger partial charge is 0.404 e. The van der Waals surface area contributed by atoms with Crippen molar-refractivity contribution in [2.45, 2.75) is 0 Å². The van der Waals surface area contributed by atoms with Crippen LogP contribution in [0.4, 0.5) is 4.79 Å². The average molecular weight is 164 g/mol. The minimum Gasteiger partial charge on any atom is -0.465 e. The van der Waals surface area contributed by atoms with E-state index in [0.29, 0.717) is 5.03 Å². The van der Waals surface area contributed by atoms with Crippen molar-refractivity contribution in [2.24, 2.45) is 5.73 Å². The molecule has 0 aromatic carbocycles. The molecule has 0 spiro atoms. The molecule has 0 aliphatic heterocycles. The monoisotopic (exact) mass is 164 g/mol. The maximum absolute atomic E-state index is 9.26. The van der Waals surface area contributed by atoms with E-state index in [4.69, 9.17) is 10.8 Å². The van der Waals surface area contributed by atoms with Gasteiger partial charge in [-0.1, -0.05) is 6.58 Å². The maximum atomic E-state index is 9.26. The zero-order valence-corrected chi connectivity index (χ0v) is 6.86. The van der Waals surface area contributed by atoms with Gasteiger partial charge in [0, 0.05) is 7.05 Å². The quantitative estimate of drug-likeness (QED) is 0.532. The van der Waals surface area contributed by atoms with Gasteiger partial charge in [-0.3, -0.25) is 0 Å². The molecule has 10 heavy (non-hydrogen) atoms. The van der Waals surface area contributed by atoms with Crippen LogP contribution >= 0.6 is 11.8 Å². The molecule has 0 unspecified atom stereocenters. The van der Waals surface area contributed by atoms with Gasteiger partial charge in [-0.2, -0.15) is 0 Å². The number of carboxylic acid groups (broad SMARTS) is 1. The molecule has 0 saturated carbocycles. The predicted molar refractivity (Wildman–Crippen MR) is 43.9 cm³/mol. The second kappa shape index (κ2) is 8.16. The summed E-state index contributed by atoms with van der Waals surface area (Å²) in [7, 11) is 1.35. The number of carbonyl (C=O) groups is 1. The van der Waals surface area contributed by atoms with Crippen LogP contribution in [-0.2, 0) is 0 Å². The third-order valence-corrected chi connectivity index (χ3v) is 1.00. The van der Waals surface area contributed by atoms with Crippen molar-refractivity contribution in [1.29, 1.82) is 0 Å². The Hall–Kier alpha value is -0.840. The van der Waals surface area contributed by atoms with Crippen molar-refractivity contribution in [1.82, 2.24) is 5.32 Å². The Bertz CT molecular complexity index is 102. The first kappa shape index (κ1) is 11.9. The van der Waals surface area contributed by atoms with Crippen molar-refractivity contribution in [3.63, 3.8) is 0 Å². The Morgan fingerprint density at radius 2 is 2.00 bits per heavy atom. The van der Waals surface area contributed by atoms with Crippen molar-refractivity contribution >= 4 is 17.9 Å². The minimum absolute atomic E-state index is 0.671. The van der Waals surface area contributed by atoms with E-state index < -0.39 is 6.09 Å². The normalized spacial score (nSPS) is 7.00. The van der Waals surface area contributed by atoms with Gasteiger partial charge in [-0.15, -0.1) is 11.8 Å². The van der Waals surface area contributed by atoms with E-state index in [1.54, 1.807) is 0 Å². The lowest BCUT2D eigenvalue weighted by Gasteiger charge is -1.81. The molecule has 0 rings (SSSR count). The lowest BCUT2D eigenvalue weighted by molar-refractivity contribution is 0.197. The molecular weight excluding hydrogens is 152 g/mol. The van der Waals surface area contributed by atoms with E-state index in [1.807, 2.05) is 11.6 Å². The van der Waals surface area contributed by atoms with Crippen molar-refractivity contribution in [3.05, 3.63) is 11.6 Å². The van der Waals surface area contributed by atoms with Gasteiger partial charge in [0.25, 0.3) is 0 Å². The standard InChI is InChI=1S/C3H7NS.C2H5NO2/c1-3(4)5-2;1-3-2(4)5/h1,4H2,2H3;3H,1H3,(H,4,5). The molecule has 4 N–H and O–H groups in total. The summed E-state index contributed by atoms with van der Waals surface area (Å²) in [6.07, 6.45) is 0.896. The van der Waals surface area contributed by atoms with Gasteiger partial charge in [0.05, 0.1) is 5.03 Å². The van der Waals surface area contributed by atoms with Crippen molar-refractivity contribution in [3.8, 4) is 0 Å². The highest BCUT2D eigenvalue weighted by atomic mass is 32.2. The van der Waals surface area contributed by atoms with E-state index in [-0.39, 0.29) is 0 Å². The molecule has 5 heteroatoms. The number of hydrogen-bond donors (Lipinski definition) is 3. The lowest BCUT2D eigenvalue weighted by Crippen LogP contribution is -2.13. The fourth-order valence-electron chi connectivity index (χ4n) is 0. The molecule has 0 heterocycles. The maximum Gasteiger partial charge on any atom is 0.404 e. The molecule has 0 saturated heterocycles. The molecule has 0 fully saturated rings. The van der Waals surface area contributed by atoms with Gasteiger partial charge in [-0.05, 0) is 6.26 Å². The first-order valence-electron chi connectivity index (χ1n) is 2.43. The van der Waals surface area contributed by atoms with Crippen LogP contribution in [0.15, 0.2) is 11.6 Å². The lowest BCUT2D eigenvalue weighted by atomic mass is 11.1. The highest BCUT2D eigenvalue weighted by Gasteiger charge is 1.76. The molecule has 60 valence electrons. The highest BCUT2D eigenvalue weighted by molar-refractivity contribution is 8.02. The number of nitrogens with one attached hydrogen (secondary N) is 1. The zero-order valence-electron chi connectivity index (χ0n) is 6.05. The van der Waals surface area contributed by atoms with E-state index in [2.05, 4.69) is 6.58 Å². The van der Waals surface area contributed by atoms with Crippen LogP contribution in [0, 0.1) is 0 Å². The predicted octanol–water partition coefficient (Wildman–Crippen LogP) is 0.663. The summed E-state index contributed by atoms with van der Waals surface area (Å²) >= 11 is 1.46. The molecule has 0 aromatic rings. The van der Waals surface area contributed by atoms with Gasteiger partial charge in [0.1, 0.15) is 0 Å². The highest BCUT2D eigenvalue weighted by Crippen LogP contribution is 1.96. The number of thioether (sulfide) groups is 1. The van der Waals surface area contributed by atoms with Gasteiger partial charge in [0.2, 0.25) is 0 Å². The van der Waals surface area contributed by atoms with Gasteiger partial charge in [-0.25, -0.2) is 4.79 Å². The summed E-state index contributed by atoms with van der Waals surface area (Å²) in [4.78, 5) is 9.26. The van der Waals surface area contributed by atoms with Crippen molar-refractivity contribution in [2.75, 3.05) is 13.3 Å². The first-order chi connectivity index (χ1) is 4.54. The largest absolute Gasteiger partial charge is 0.465 e. The van der Waals surface area contributed by atoms with Crippen LogP contribution in [0.3, 0.4) is 0 Å². The molecule has 0 aliphatic rings. The molecular formula is C5H12N2O2S. The Balaban J connectivity index is 0. The van der Waals surface area contributed by atoms with Crippen LogP contribution in [0.5, 0.6) is 0 Å². The van der Waals surface area contributed by atoms with Gasteiger partial charge in [0.15, 0.2) is 0 Å². The topological polar surface area (TPSA) is 75.3 Å². The molecule has 0 bridgehead atoms. The Morgan fingerprint density at radius 3 is 2.00 bits per heavy atom. The van der Waals surface area contributed by atoms with Crippen LogP contribution < -0.4 is 11.1 Å². The number of rotatable bonds is 1. The molecule has 0 aliphatic carbocycles. The Morgan fingerprint density at radius 1 is 1.80 bits per heavy atom. The molecule has 1 amide bonds. The van der Waals surface area contributed by atoms with Gasteiger partial charge < -0.3 is 16.2 Å². The second-order valence-electron chi connectivity index (χ2n) is 1.23. The summed E-state index contributed by atoms with van der Waals surface area (Å²) in [6.45, 7) is 3.41. The summed E-state index contributed by atoms with van der Waals surface area (Å²) in [5, 5.41) is 10.2. The number of nitrogens with two attached hydrogens (primary N) is 1. The fraction of sp³-hybridized carbons (Fsp3) is 0.400. The number of hydrogen-bond acceptors (Lipinski definition) is 3. The first-order valence-corrected chi connectivity index (χ1v) is 3.66. The summed E-state index contributed by atoms with van der Waals surface area (Å²) in [6, 6.07) is 0. The third-order valence-electron chi connectivity index (χ3n) is 0.476. The van der Waals surface area contributed by atoms with Crippen LogP contribution in [0.1, 0.15) is 0 Å². The van der Waals surface area contributed by atoms with E-state index >= 15 is 0 Å². The molecule has 4 nitrogen and oxygen atoms in total. The van der Waals surface area contributed by atoms with E-state index in [9.17, 15) is 4.79 Å². The summed E-state index contributed by atoms with van der Waals surface area (Å²) in [5.41, 5.74) is 5.06. The number of amides is 1. The third kappa shape index (κ3) is 27.2. The fourth-order valence-corrected chi connectivity index (χ4v) is 0.